The second-order valence-electron chi connectivity index (χ2n) is 5.17. The number of aromatic nitrogens is 2. The molecule has 0 fully saturated rings. The van der Waals surface area contributed by atoms with Gasteiger partial charge in [0, 0.05) is 17.7 Å². The Morgan fingerprint density at radius 2 is 1.95 bits per heavy atom. The maximum Gasteiger partial charge on any atom is 0.211 e. The summed E-state index contributed by atoms with van der Waals surface area (Å²) >= 11 is 0. The van der Waals surface area contributed by atoms with Gasteiger partial charge in [-0.15, -0.1) is 0 Å². The van der Waals surface area contributed by atoms with Gasteiger partial charge in [0.05, 0.1) is 5.69 Å². The summed E-state index contributed by atoms with van der Waals surface area (Å²) in [5.41, 5.74) is 3.54. The van der Waals surface area contributed by atoms with Crippen molar-refractivity contribution < 1.29 is 9.90 Å². The second kappa shape index (κ2) is 5.12. The third-order valence-electron chi connectivity index (χ3n) is 3.87. The summed E-state index contributed by atoms with van der Waals surface area (Å²) < 4.78 is 1.82. The van der Waals surface area contributed by atoms with Crippen molar-refractivity contribution in [3.8, 4) is 5.75 Å². The summed E-state index contributed by atoms with van der Waals surface area (Å²) in [6.07, 6.45) is 4.19. The zero-order valence-corrected chi connectivity index (χ0v) is 11.6. The van der Waals surface area contributed by atoms with Gasteiger partial charge in [-0.2, -0.15) is 5.10 Å². The minimum Gasteiger partial charge on any atom is -0.508 e. The van der Waals surface area contributed by atoms with E-state index in [9.17, 15) is 9.90 Å². The van der Waals surface area contributed by atoms with E-state index in [1.165, 1.54) is 0 Å². The van der Waals surface area contributed by atoms with Crippen LogP contribution in [0.3, 0.4) is 0 Å². The molecule has 2 aromatic rings. The van der Waals surface area contributed by atoms with E-state index in [4.69, 9.17) is 0 Å². The van der Waals surface area contributed by atoms with Crippen LogP contribution in [0.5, 0.6) is 5.75 Å². The molecule has 0 amide bonds. The topological polar surface area (TPSA) is 55.1 Å². The molecule has 4 nitrogen and oxygen atoms in total. The number of carbonyl (C=O) groups excluding carboxylic acids is 1. The molecule has 0 aliphatic heterocycles. The number of carbonyl (C=O) groups is 1. The second-order valence-corrected chi connectivity index (χ2v) is 5.17. The van der Waals surface area contributed by atoms with Crippen molar-refractivity contribution in [1.82, 2.24) is 9.78 Å². The van der Waals surface area contributed by atoms with Crippen molar-refractivity contribution >= 4 is 5.78 Å². The summed E-state index contributed by atoms with van der Waals surface area (Å²) in [6.45, 7) is 2.71. The van der Waals surface area contributed by atoms with Crippen molar-refractivity contribution in [2.75, 3.05) is 0 Å². The number of benzene rings is 1. The van der Waals surface area contributed by atoms with Crippen molar-refractivity contribution in [3.05, 3.63) is 46.8 Å². The van der Waals surface area contributed by atoms with Crippen LogP contribution in [-0.4, -0.2) is 20.7 Å². The highest BCUT2D eigenvalue weighted by Gasteiger charge is 2.25. The van der Waals surface area contributed by atoms with Gasteiger partial charge in [-0.25, -0.2) is 0 Å². The maximum atomic E-state index is 12.7. The maximum absolute atomic E-state index is 12.7. The minimum atomic E-state index is 0.00231. The van der Waals surface area contributed by atoms with Gasteiger partial charge in [0.1, 0.15) is 11.4 Å². The van der Waals surface area contributed by atoms with Crippen LogP contribution in [0.4, 0.5) is 0 Å². The Labute approximate surface area is 118 Å². The fraction of sp³-hybridized carbons (Fsp3) is 0.375. The van der Waals surface area contributed by atoms with Gasteiger partial charge in [-0.1, -0.05) is 0 Å². The summed E-state index contributed by atoms with van der Waals surface area (Å²) in [4.78, 5) is 12.7. The van der Waals surface area contributed by atoms with Crippen molar-refractivity contribution in [2.24, 2.45) is 0 Å². The van der Waals surface area contributed by atoms with Crippen molar-refractivity contribution in [3.63, 3.8) is 0 Å². The molecule has 1 aliphatic rings. The van der Waals surface area contributed by atoms with Crippen molar-refractivity contribution in [2.45, 2.75) is 39.2 Å². The number of nitrogens with zero attached hydrogens (tertiary/aromatic N) is 2. The van der Waals surface area contributed by atoms with Crippen LogP contribution in [0.25, 0.3) is 0 Å². The first-order valence-corrected chi connectivity index (χ1v) is 7.13. The van der Waals surface area contributed by atoms with Crippen LogP contribution < -0.4 is 0 Å². The molecule has 104 valence electrons. The summed E-state index contributed by atoms with van der Waals surface area (Å²) in [5.74, 6) is 0.176. The number of phenolic OH excluding ortho intramolecular Hbond substituents is 1. The Bertz CT molecular complexity index is 641. The molecule has 0 atom stereocenters. The molecular formula is C16H18N2O2. The number of fused-ring (bicyclic) bond motifs is 1. The van der Waals surface area contributed by atoms with Crippen LogP contribution in [0.15, 0.2) is 24.3 Å². The zero-order chi connectivity index (χ0) is 14.1. The normalized spacial score (nSPS) is 14.1. The van der Waals surface area contributed by atoms with E-state index in [-0.39, 0.29) is 11.5 Å². The average molecular weight is 270 g/mol. The molecule has 1 aromatic carbocycles. The predicted octanol–water partition coefficient (Wildman–Crippen LogP) is 2.72. The number of hydrogen-bond donors (Lipinski definition) is 1. The lowest BCUT2D eigenvalue weighted by Gasteiger charge is -2.11. The van der Waals surface area contributed by atoms with E-state index in [1.807, 2.05) is 11.6 Å². The van der Waals surface area contributed by atoms with Crippen molar-refractivity contribution in [1.29, 1.82) is 0 Å². The third-order valence-corrected chi connectivity index (χ3v) is 3.87. The largest absolute Gasteiger partial charge is 0.508 e. The summed E-state index contributed by atoms with van der Waals surface area (Å²) in [7, 11) is 0. The smallest absolute Gasteiger partial charge is 0.211 e. The lowest BCUT2D eigenvalue weighted by Crippen LogP contribution is -2.13. The SMILES string of the molecule is CCn1nc2c(c1C(=O)c1ccc(O)cc1)CCCC2. The van der Waals surface area contributed by atoms with Gasteiger partial charge < -0.3 is 5.11 Å². The number of hydrogen-bond acceptors (Lipinski definition) is 3. The first kappa shape index (κ1) is 12.9. The van der Waals surface area contributed by atoms with E-state index >= 15 is 0 Å². The van der Waals surface area contributed by atoms with Gasteiger partial charge in [-0.05, 0) is 56.9 Å². The van der Waals surface area contributed by atoms with Crippen LogP contribution >= 0.6 is 0 Å². The molecule has 0 bridgehead atoms. The average Bonchev–Trinajstić information content (AvgIpc) is 2.85. The Balaban J connectivity index is 2.06. The fourth-order valence-electron chi connectivity index (χ4n) is 2.84. The molecule has 0 saturated carbocycles. The molecule has 3 rings (SSSR count). The number of rotatable bonds is 3. The van der Waals surface area contributed by atoms with Crippen LogP contribution in [0, 0.1) is 0 Å². The Kier molecular flexibility index (Phi) is 3.30. The molecule has 0 unspecified atom stereocenters. The van der Waals surface area contributed by atoms with E-state index < -0.39 is 0 Å². The molecule has 1 heterocycles. The molecule has 20 heavy (non-hydrogen) atoms. The van der Waals surface area contributed by atoms with Crippen LogP contribution in [0.2, 0.25) is 0 Å². The predicted molar refractivity (Wildman–Crippen MR) is 76.1 cm³/mol. The minimum absolute atomic E-state index is 0.00231. The van der Waals surface area contributed by atoms with Gasteiger partial charge in [0.25, 0.3) is 0 Å². The number of aromatic hydroxyl groups is 1. The fourth-order valence-corrected chi connectivity index (χ4v) is 2.84. The number of phenols is 1. The molecule has 1 aromatic heterocycles. The zero-order valence-electron chi connectivity index (χ0n) is 11.6. The Morgan fingerprint density at radius 3 is 2.65 bits per heavy atom. The first-order valence-electron chi connectivity index (χ1n) is 7.13. The molecule has 0 radical (unpaired) electrons. The molecule has 1 N–H and O–H groups in total. The van der Waals surface area contributed by atoms with Crippen LogP contribution in [0.1, 0.15) is 47.1 Å². The van der Waals surface area contributed by atoms with E-state index in [0.717, 1.165) is 42.6 Å². The van der Waals surface area contributed by atoms with E-state index in [2.05, 4.69) is 5.10 Å². The highest BCUT2D eigenvalue weighted by Crippen LogP contribution is 2.26. The van der Waals surface area contributed by atoms with Gasteiger partial charge >= 0.3 is 0 Å². The Hall–Kier alpha value is -2.10. The lowest BCUT2D eigenvalue weighted by atomic mass is 9.93. The molecule has 1 aliphatic carbocycles. The third kappa shape index (κ3) is 2.11. The number of ketones is 1. The first-order chi connectivity index (χ1) is 9.70. The summed E-state index contributed by atoms with van der Waals surface area (Å²) in [6, 6.07) is 6.43. The molecule has 0 spiro atoms. The van der Waals surface area contributed by atoms with E-state index in [0.29, 0.717) is 12.1 Å². The standard InChI is InChI=1S/C16H18N2O2/c1-2-18-15(13-5-3-4-6-14(13)17-18)16(20)11-7-9-12(19)10-8-11/h7-10,19H,2-6H2,1H3. The monoisotopic (exact) mass is 270 g/mol. The quantitative estimate of drug-likeness (QED) is 0.872. The highest BCUT2D eigenvalue weighted by atomic mass is 16.3. The molecular weight excluding hydrogens is 252 g/mol. The lowest BCUT2D eigenvalue weighted by molar-refractivity contribution is 0.102. The van der Waals surface area contributed by atoms with Gasteiger partial charge in [-0.3, -0.25) is 9.48 Å². The van der Waals surface area contributed by atoms with Gasteiger partial charge in [0.15, 0.2) is 0 Å². The Morgan fingerprint density at radius 1 is 1.25 bits per heavy atom. The summed E-state index contributed by atoms with van der Waals surface area (Å²) in [5, 5.41) is 13.9. The molecule has 4 heteroatoms. The highest BCUT2D eigenvalue weighted by molar-refractivity contribution is 6.09. The number of aryl methyl sites for hydroxylation is 2. The molecule has 0 saturated heterocycles. The van der Waals surface area contributed by atoms with Gasteiger partial charge in [0.2, 0.25) is 5.78 Å². The van der Waals surface area contributed by atoms with E-state index in [1.54, 1.807) is 24.3 Å². The van der Waals surface area contributed by atoms with Crippen LogP contribution in [-0.2, 0) is 19.4 Å².